The molecule has 1 aliphatic heterocycles. The number of carbonyl (C=O) groups is 2. The lowest BCUT2D eigenvalue weighted by Crippen LogP contribution is -2.41. The zero-order valence-corrected chi connectivity index (χ0v) is 17.1. The molecule has 2 amide bonds. The van der Waals surface area contributed by atoms with Gasteiger partial charge in [0.1, 0.15) is 5.75 Å². The van der Waals surface area contributed by atoms with Gasteiger partial charge in [0.25, 0.3) is 11.8 Å². The normalized spacial score (nSPS) is 14.5. The van der Waals surface area contributed by atoms with Crippen LogP contribution in [0.25, 0.3) is 0 Å². The number of amides is 2. The van der Waals surface area contributed by atoms with Gasteiger partial charge in [-0.05, 0) is 68.2 Å². The van der Waals surface area contributed by atoms with Crippen molar-refractivity contribution in [2.45, 2.75) is 19.8 Å². The van der Waals surface area contributed by atoms with Crippen molar-refractivity contribution in [2.24, 2.45) is 5.92 Å². The summed E-state index contributed by atoms with van der Waals surface area (Å²) >= 11 is 0. The fourth-order valence-electron chi connectivity index (χ4n) is 3.57. The van der Waals surface area contributed by atoms with Gasteiger partial charge in [-0.2, -0.15) is 0 Å². The molecular formula is C23H29N3O3. The molecule has 6 nitrogen and oxygen atoms in total. The Morgan fingerprint density at radius 3 is 2.41 bits per heavy atom. The summed E-state index contributed by atoms with van der Waals surface area (Å²) in [6, 6.07) is 14.1. The summed E-state index contributed by atoms with van der Waals surface area (Å²) in [4.78, 5) is 27.6. The molecule has 1 fully saturated rings. The first kappa shape index (κ1) is 20.9. The molecule has 0 aromatic heterocycles. The van der Waals surface area contributed by atoms with Gasteiger partial charge in [0.15, 0.2) is 0 Å². The number of carbonyl (C=O) groups excluding carboxylic acids is 2. The third-order valence-corrected chi connectivity index (χ3v) is 5.34. The van der Waals surface area contributed by atoms with Crippen LogP contribution in [0.5, 0.6) is 5.75 Å². The number of para-hydroxylation sites is 1. The van der Waals surface area contributed by atoms with Crippen molar-refractivity contribution in [1.82, 2.24) is 10.2 Å². The number of likely N-dealkylation sites (tertiary alicyclic amines) is 1. The van der Waals surface area contributed by atoms with Crippen molar-refractivity contribution in [3.05, 3.63) is 59.7 Å². The largest absolute Gasteiger partial charge is 0.497 e. The van der Waals surface area contributed by atoms with Crippen LogP contribution in [0.2, 0.25) is 0 Å². The fraction of sp³-hybridized carbons (Fsp3) is 0.391. The number of piperidine rings is 1. The van der Waals surface area contributed by atoms with Gasteiger partial charge in [-0.1, -0.05) is 19.1 Å². The summed E-state index contributed by atoms with van der Waals surface area (Å²) in [6.45, 7) is 5.58. The topological polar surface area (TPSA) is 70.7 Å². The second-order valence-corrected chi connectivity index (χ2v) is 7.27. The number of ether oxygens (including phenoxy) is 1. The van der Waals surface area contributed by atoms with Crippen LogP contribution in [-0.4, -0.2) is 50.0 Å². The third-order valence-electron chi connectivity index (χ3n) is 5.34. The number of anilines is 1. The molecule has 29 heavy (non-hydrogen) atoms. The Balaban J connectivity index is 1.67. The molecule has 0 unspecified atom stereocenters. The summed E-state index contributed by atoms with van der Waals surface area (Å²) < 4.78 is 5.13. The molecule has 0 saturated carbocycles. The lowest BCUT2D eigenvalue weighted by molar-refractivity contribution is 0.0691. The minimum absolute atomic E-state index is 0.0301. The molecule has 0 atom stereocenters. The van der Waals surface area contributed by atoms with Gasteiger partial charge in [-0.3, -0.25) is 9.59 Å². The van der Waals surface area contributed by atoms with Crippen LogP contribution in [0.3, 0.4) is 0 Å². The highest BCUT2D eigenvalue weighted by Crippen LogP contribution is 2.23. The molecule has 0 spiro atoms. The van der Waals surface area contributed by atoms with E-state index in [0.29, 0.717) is 28.5 Å². The van der Waals surface area contributed by atoms with Gasteiger partial charge in [0.2, 0.25) is 0 Å². The standard InChI is InChI=1S/C23H29N3O3/c1-3-24-16-17-12-14-26(15-13-17)23(28)20-6-4-5-7-21(20)25-22(27)18-8-10-19(29-2)11-9-18/h4-11,17,24H,3,12-16H2,1-2H3,(H,25,27). The average Bonchev–Trinajstić information content (AvgIpc) is 2.78. The number of hydrogen-bond donors (Lipinski definition) is 2. The molecule has 2 N–H and O–H groups in total. The summed E-state index contributed by atoms with van der Waals surface area (Å²) in [5.41, 5.74) is 1.57. The Bertz CT molecular complexity index is 828. The van der Waals surface area contributed by atoms with Gasteiger partial charge in [-0.25, -0.2) is 0 Å². The highest BCUT2D eigenvalue weighted by Gasteiger charge is 2.25. The third kappa shape index (κ3) is 5.35. The first-order valence-corrected chi connectivity index (χ1v) is 10.2. The number of benzene rings is 2. The highest BCUT2D eigenvalue weighted by atomic mass is 16.5. The zero-order chi connectivity index (χ0) is 20.6. The van der Waals surface area contributed by atoms with Crippen LogP contribution in [0, 0.1) is 5.92 Å². The maximum Gasteiger partial charge on any atom is 0.255 e. The van der Waals surface area contributed by atoms with Crippen molar-refractivity contribution in [3.8, 4) is 5.75 Å². The quantitative estimate of drug-likeness (QED) is 0.754. The smallest absolute Gasteiger partial charge is 0.255 e. The summed E-state index contributed by atoms with van der Waals surface area (Å²) in [5.74, 6) is 1.02. The SMILES string of the molecule is CCNCC1CCN(C(=O)c2ccccc2NC(=O)c2ccc(OC)cc2)CC1. The van der Waals surface area contributed by atoms with Crippen molar-refractivity contribution < 1.29 is 14.3 Å². The first-order chi connectivity index (χ1) is 14.1. The molecular weight excluding hydrogens is 366 g/mol. The van der Waals surface area contributed by atoms with Crippen molar-refractivity contribution >= 4 is 17.5 Å². The second kappa shape index (κ2) is 10.1. The Morgan fingerprint density at radius 2 is 1.76 bits per heavy atom. The maximum atomic E-state index is 13.1. The van der Waals surface area contributed by atoms with Crippen molar-refractivity contribution in [3.63, 3.8) is 0 Å². The van der Waals surface area contributed by atoms with E-state index < -0.39 is 0 Å². The highest BCUT2D eigenvalue weighted by molar-refractivity contribution is 6.09. The van der Waals surface area contributed by atoms with Crippen LogP contribution in [-0.2, 0) is 0 Å². The number of nitrogens with one attached hydrogen (secondary N) is 2. The Labute approximate surface area is 172 Å². The Kier molecular flexibility index (Phi) is 7.25. The van der Waals surface area contributed by atoms with E-state index >= 15 is 0 Å². The van der Waals surface area contributed by atoms with Crippen molar-refractivity contribution in [1.29, 1.82) is 0 Å². The molecule has 0 radical (unpaired) electrons. The van der Waals surface area contributed by atoms with Crippen LogP contribution >= 0.6 is 0 Å². The zero-order valence-electron chi connectivity index (χ0n) is 17.1. The van der Waals surface area contributed by atoms with E-state index in [1.807, 2.05) is 17.0 Å². The van der Waals surface area contributed by atoms with Crippen LogP contribution in [0.4, 0.5) is 5.69 Å². The molecule has 2 aromatic carbocycles. The lowest BCUT2D eigenvalue weighted by Gasteiger charge is -2.32. The van der Waals surface area contributed by atoms with Crippen LogP contribution in [0.1, 0.15) is 40.5 Å². The van der Waals surface area contributed by atoms with E-state index in [-0.39, 0.29) is 11.8 Å². The van der Waals surface area contributed by atoms with Gasteiger partial charge >= 0.3 is 0 Å². The van der Waals surface area contributed by atoms with Gasteiger partial charge in [-0.15, -0.1) is 0 Å². The molecule has 2 aromatic rings. The Hall–Kier alpha value is -2.86. The van der Waals surface area contributed by atoms with E-state index in [9.17, 15) is 9.59 Å². The molecule has 0 bridgehead atoms. The summed E-state index contributed by atoms with van der Waals surface area (Å²) in [7, 11) is 1.58. The molecule has 1 saturated heterocycles. The number of nitrogens with zero attached hydrogens (tertiary/aromatic N) is 1. The molecule has 1 heterocycles. The molecule has 154 valence electrons. The monoisotopic (exact) mass is 395 g/mol. The average molecular weight is 396 g/mol. The van der Waals surface area contributed by atoms with E-state index in [1.165, 1.54) is 0 Å². The van der Waals surface area contributed by atoms with Gasteiger partial charge in [0.05, 0.1) is 18.4 Å². The van der Waals surface area contributed by atoms with Crippen molar-refractivity contribution in [2.75, 3.05) is 38.6 Å². The number of rotatable bonds is 7. The molecule has 3 rings (SSSR count). The van der Waals surface area contributed by atoms with Gasteiger partial charge in [0, 0.05) is 18.7 Å². The van der Waals surface area contributed by atoms with E-state index in [1.54, 1.807) is 43.5 Å². The molecule has 0 aliphatic carbocycles. The summed E-state index contributed by atoms with van der Waals surface area (Å²) in [5, 5.41) is 6.27. The minimum atomic E-state index is -0.253. The minimum Gasteiger partial charge on any atom is -0.497 e. The van der Waals surface area contributed by atoms with E-state index in [4.69, 9.17) is 4.74 Å². The predicted octanol–water partition coefficient (Wildman–Crippen LogP) is 3.41. The number of methoxy groups -OCH3 is 1. The summed E-state index contributed by atoms with van der Waals surface area (Å²) in [6.07, 6.45) is 2.00. The maximum absolute atomic E-state index is 13.1. The van der Waals surface area contributed by atoms with E-state index in [0.717, 1.165) is 39.0 Å². The number of hydrogen-bond acceptors (Lipinski definition) is 4. The van der Waals surface area contributed by atoms with Gasteiger partial charge < -0.3 is 20.3 Å². The first-order valence-electron chi connectivity index (χ1n) is 10.2. The molecule has 1 aliphatic rings. The second-order valence-electron chi connectivity index (χ2n) is 7.27. The van der Waals surface area contributed by atoms with Crippen LogP contribution in [0.15, 0.2) is 48.5 Å². The predicted molar refractivity (Wildman–Crippen MR) is 115 cm³/mol. The molecule has 6 heteroatoms. The van der Waals surface area contributed by atoms with E-state index in [2.05, 4.69) is 17.6 Å². The Morgan fingerprint density at radius 1 is 1.07 bits per heavy atom. The fourth-order valence-corrected chi connectivity index (χ4v) is 3.57. The lowest BCUT2D eigenvalue weighted by atomic mass is 9.96. The van der Waals surface area contributed by atoms with Crippen LogP contribution < -0.4 is 15.4 Å².